The molecular formula is C35H56O8. The zero-order valence-electron chi connectivity index (χ0n) is 27.1. The number of allylic oxidation sites excluding steroid dienone is 3. The molecule has 1 aliphatic carbocycles. The van der Waals surface area contributed by atoms with Crippen LogP contribution < -0.4 is 0 Å². The summed E-state index contributed by atoms with van der Waals surface area (Å²) < 4.78 is 35.6. The number of rotatable bonds is 17. The van der Waals surface area contributed by atoms with E-state index in [0.717, 1.165) is 56.9 Å². The molecule has 244 valence electrons. The molecule has 3 fully saturated rings. The Morgan fingerprint density at radius 3 is 2.14 bits per heavy atom. The van der Waals surface area contributed by atoms with Crippen LogP contribution in [0.25, 0.3) is 0 Å². The summed E-state index contributed by atoms with van der Waals surface area (Å²) in [7, 11) is 0. The molecule has 0 N–H and O–H groups in total. The van der Waals surface area contributed by atoms with E-state index in [2.05, 4.69) is 31.7 Å². The average molecular weight is 605 g/mol. The van der Waals surface area contributed by atoms with Crippen molar-refractivity contribution >= 4 is 11.9 Å². The smallest absolute Gasteiger partial charge is 0.333 e. The minimum atomic E-state index is -1.60. The molecule has 1 saturated carbocycles. The molecule has 2 saturated heterocycles. The molecule has 8 nitrogen and oxygen atoms in total. The van der Waals surface area contributed by atoms with E-state index in [4.69, 9.17) is 28.4 Å². The van der Waals surface area contributed by atoms with Crippen molar-refractivity contribution in [1.82, 2.24) is 0 Å². The molecule has 0 aromatic rings. The first kappa shape index (κ1) is 35.5. The number of ether oxygens (including phenoxy) is 6. The van der Waals surface area contributed by atoms with Gasteiger partial charge in [0.2, 0.25) is 0 Å². The molecule has 2 unspecified atom stereocenters. The Morgan fingerprint density at radius 1 is 0.860 bits per heavy atom. The zero-order valence-corrected chi connectivity index (χ0v) is 27.1. The minimum Gasteiger partial charge on any atom is -0.462 e. The Bertz CT molecular complexity index is 904. The predicted octanol–water partition coefficient (Wildman–Crippen LogP) is 8.05. The van der Waals surface area contributed by atoms with Crippen LogP contribution in [0, 0.1) is 11.8 Å². The van der Waals surface area contributed by atoms with Crippen LogP contribution in [0.5, 0.6) is 0 Å². The molecule has 2 aliphatic heterocycles. The summed E-state index contributed by atoms with van der Waals surface area (Å²) >= 11 is 0. The highest BCUT2D eigenvalue weighted by molar-refractivity contribution is 5.66. The summed E-state index contributed by atoms with van der Waals surface area (Å²) in [5, 5.41) is 0. The topological polar surface area (TPSA) is 89.5 Å². The van der Waals surface area contributed by atoms with Crippen LogP contribution in [0.15, 0.2) is 29.5 Å². The maximum absolute atomic E-state index is 12.2. The van der Waals surface area contributed by atoms with E-state index >= 15 is 0 Å². The van der Waals surface area contributed by atoms with Gasteiger partial charge in [0.15, 0.2) is 12.6 Å². The maximum Gasteiger partial charge on any atom is 0.333 e. The van der Waals surface area contributed by atoms with E-state index in [-0.39, 0.29) is 24.4 Å². The van der Waals surface area contributed by atoms with E-state index in [9.17, 15) is 9.59 Å². The van der Waals surface area contributed by atoms with Crippen molar-refractivity contribution < 1.29 is 38.0 Å². The fourth-order valence-corrected chi connectivity index (χ4v) is 6.28. The number of unbranched alkanes of at least 4 members (excludes halogenated alkanes) is 4. The minimum absolute atomic E-state index is 0.0756. The van der Waals surface area contributed by atoms with E-state index in [0.29, 0.717) is 38.4 Å². The molecule has 8 heteroatoms. The lowest BCUT2D eigenvalue weighted by Gasteiger charge is -2.39. The Kier molecular flexibility index (Phi) is 16.1. The summed E-state index contributed by atoms with van der Waals surface area (Å²) in [4.78, 5) is 24.0. The van der Waals surface area contributed by atoms with Gasteiger partial charge in [0.1, 0.15) is 6.10 Å². The molecular weight excluding hydrogens is 548 g/mol. The van der Waals surface area contributed by atoms with Gasteiger partial charge in [-0.2, -0.15) is 0 Å². The number of hydrogen-bond acceptors (Lipinski definition) is 8. The lowest BCUT2D eigenvalue weighted by Crippen LogP contribution is -2.48. The molecule has 5 atom stereocenters. The van der Waals surface area contributed by atoms with Gasteiger partial charge in [0.05, 0.1) is 0 Å². The molecule has 0 aromatic carbocycles. The number of carbonyl (C=O) groups is 2. The molecule has 0 aromatic heterocycles. The highest BCUT2D eigenvalue weighted by Crippen LogP contribution is 2.39. The highest BCUT2D eigenvalue weighted by atomic mass is 16.9. The van der Waals surface area contributed by atoms with E-state index in [1.807, 2.05) is 6.08 Å². The van der Waals surface area contributed by atoms with Crippen LogP contribution in [0.1, 0.15) is 130 Å². The van der Waals surface area contributed by atoms with E-state index < -0.39 is 24.5 Å². The van der Waals surface area contributed by atoms with Gasteiger partial charge in [-0.25, -0.2) is 0 Å². The van der Waals surface area contributed by atoms with Crippen molar-refractivity contribution in [3.63, 3.8) is 0 Å². The summed E-state index contributed by atoms with van der Waals surface area (Å²) in [6, 6.07) is 0. The molecule has 0 radical (unpaired) electrons. The predicted molar refractivity (Wildman–Crippen MR) is 165 cm³/mol. The Balaban J connectivity index is 1.67. The van der Waals surface area contributed by atoms with Crippen molar-refractivity contribution in [2.24, 2.45) is 11.8 Å². The lowest BCUT2D eigenvalue weighted by atomic mass is 9.88. The van der Waals surface area contributed by atoms with Crippen molar-refractivity contribution in [1.29, 1.82) is 0 Å². The van der Waals surface area contributed by atoms with Crippen molar-refractivity contribution in [2.45, 2.75) is 155 Å². The van der Waals surface area contributed by atoms with Gasteiger partial charge in [-0.15, -0.1) is 5.73 Å². The molecule has 0 amide bonds. The summed E-state index contributed by atoms with van der Waals surface area (Å²) in [6.45, 7) is 8.37. The van der Waals surface area contributed by atoms with Crippen LogP contribution in [0.2, 0.25) is 0 Å². The van der Waals surface area contributed by atoms with Gasteiger partial charge in [-0.1, -0.05) is 38.3 Å². The van der Waals surface area contributed by atoms with E-state index in [1.54, 1.807) is 0 Å². The quantitative estimate of drug-likeness (QED) is 0.0542. The molecule has 43 heavy (non-hydrogen) atoms. The lowest BCUT2D eigenvalue weighted by molar-refractivity contribution is -0.440. The largest absolute Gasteiger partial charge is 0.462 e. The summed E-state index contributed by atoms with van der Waals surface area (Å²) in [5.41, 5.74) is 4.53. The van der Waals surface area contributed by atoms with Gasteiger partial charge < -0.3 is 18.9 Å². The second-order valence-corrected chi connectivity index (χ2v) is 12.3. The molecule has 2 heterocycles. The Morgan fingerprint density at radius 2 is 1.56 bits per heavy atom. The molecule has 3 aliphatic rings. The van der Waals surface area contributed by atoms with Crippen molar-refractivity contribution in [3.05, 3.63) is 29.5 Å². The van der Waals surface area contributed by atoms with Crippen molar-refractivity contribution in [2.75, 3.05) is 13.2 Å². The molecule has 0 bridgehead atoms. The van der Waals surface area contributed by atoms with Gasteiger partial charge in [0, 0.05) is 39.4 Å². The first-order valence-electron chi connectivity index (χ1n) is 16.8. The van der Waals surface area contributed by atoms with Crippen LogP contribution >= 0.6 is 0 Å². The first-order valence-corrected chi connectivity index (χ1v) is 16.8. The summed E-state index contributed by atoms with van der Waals surface area (Å²) in [6.07, 6.45) is 20.5. The zero-order chi connectivity index (χ0) is 30.9. The Hall–Kier alpha value is -1.96. The van der Waals surface area contributed by atoms with Crippen LogP contribution in [-0.2, 0) is 38.0 Å². The number of esters is 2. The van der Waals surface area contributed by atoms with Crippen molar-refractivity contribution in [3.8, 4) is 0 Å². The normalized spacial score (nSPS) is 27.3. The van der Waals surface area contributed by atoms with Crippen LogP contribution in [0.4, 0.5) is 0 Å². The fourth-order valence-electron chi connectivity index (χ4n) is 6.28. The standard InChI is InChI=1S/C35H56O8/c1-5-6-7-8-9-10-18-30-21-22-32(40-28(3)36)31(30)26-27(2)17-11-14-23-35(41-29(4)37,42-33-19-12-15-24-38-33)43-34-20-13-16-25-39-34/h10-11,18,30-34H,5-9,12-16,19-26H2,1-4H3/t17?,30-,31+,32-,33?,34?,35?/m0/s1. The highest BCUT2D eigenvalue weighted by Gasteiger charge is 2.42. The van der Waals surface area contributed by atoms with Gasteiger partial charge in [-0.05, 0) is 102 Å². The third-order valence-corrected chi connectivity index (χ3v) is 8.42. The third-order valence-electron chi connectivity index (χ3n) is 8.42. The second-order valence-electron chi connectivity index (χ2n) is 12.3. The van der Waals surface area contributed by atoms with Crippen LogP contribution in [-0.4, -0.2) is 49.8 Å². The fraction of sp³-hybridized carbons (Fsp3) is 0.800. The molecule has 3 rings (SSSR count). The molecule has 0 spiro atoms. The number of carbonyl (C=O) groups excluding carboxylic acids is 2. The van der Waals surface area contributed by atoms with Gasteiger partial charge in [0.25, 0.3) is 0 Å². The average Bonchev–Trinajstić information content (AvgIpc) is 3.33. The first-order chi connectivity index (χ1) is 20.8. The summed E-state index contributed by atoms with van der Waals surface area (Å²) in [5.74, 6) is -1.68. The maximum atomic E-state index is 12.2. The van der Waals surface area contributed by atoms with Crippen LogP contribution in [0.3, 0.4) is 0 Å². The van der Waals surface area contributed by atoms with Gasteiger partial charge >= 0.3 is 17.9 Å². The Labute approximate surface area is 259 Å². The monoisotopic (exact) mass is 604 g/mol. The number of hydrogen-bond donors (Lipinski definition) is 0. The van der Waals surface area contributed by atoms with Gasteiger partial charge in [-0.3, -0.25) is 19.1 Å². The SMILES string of the molecule is CCCCCCC=C[C@H]1CC[C@H](OC(C)=O)[C@@H]1CC(C)=C=CCCC(OC(C)=O)(OC1CCCCO1)OC1CCCCO1. The van der Waals surface area contributed by atoms with E-state index in [1.165, 1.54) is 39.5 Å². The second kappa shape index (κ2) is 19.4. The third kappa shape index (κ3) is 13.3.